The maximum Gasteiger partial charge on any atom is 0.203 e. The van der Waals surface area contributed by atoms with E-state index in [0.717, 1.165) is 16.8 Å². The highest BCUT2D eigenvalue weighted by Gasteiger charge is 2.26. The van der Waals surface area contributed by atoms with Crippen LogP contribution in [0.25, 0.3) is 5.69 Å². The highest BCUT2D eigenvalue weighted by molar-refractivity contribution is 5.53. The second-order valence-electron chi connectivity index (χ2n) is 3.88. The number of aromatic nitrogens is 1. The molecule has 1 aromatic heterocycles. The minimum atomic E-state index is 0.128. The van der Waals surface area contributed by atoms with E-state index in [9.17, 15) is 10.2 Å². The van der Waals surface area contributed by atoms with Crippen molar-refractivity contribution in [3.8, 4) is 17.4 Å². The highest BCUT2D eigenvalue weighted by Crippen LogP contribution is 2.38. The van der Waals surface area contributed by atoms with Crippen LogP contribution in [0.15, 0.2) is 30.3 Å². The number of fused-ring (bicyclic) bond motifs is 1. The third kappa shape index (κ3) is 1.13. The van der Waals surface area contributed by atoms with Gasteiger partial charge in [0.2, 0.25) is 11.8 Å². The van der Waals surface area contributed by atoms with E-state index in [2.05, 4.69) is 5.32 Å². The molecule has 2 heterocycles. The molecule has 16 heavy (non-hydrogen) atoms. The minimum Gasteiger partial charge on any atom is -0.494 e. The summed E-state index contributed by atoms with van der Waals surface area (Å²) in [5, 5.41) is 23.2. The molecule has 0 spiro atoms. The van der Waals surface area contributed by atoms with E-state index in [-0.39, 0.29) is 11.8 Å². The number of nitrogens with one attached hydrogen (secondary N) is 1. The molecule has 0 unspecified atom stereocenters. The van der Waals surface area contributed by atoms with Crippen LogP contribution in [-0.4, -0.2) is 14.8 Å². The van der Waals surface area contributed by atoms with Crippen LogP contribution in [0.1, 0.15) is 11.1 Å². The number of benzene rings is 1. The molecule has 1 aromatic carbocycles. The van der Waals surface area contributed by atoms with Gasteiger partial charge in [-0.25, -0.2) is 0 Å². The van der Waals surface area contributed by atoms with Gasteiger partial charge in [-0.15, -0.1) is 0 Å². The molecule has 3 N–H and O–H groups in total. The second-order valence-corrected chi connectivity index (χ2v) is 3.88. The van der Waals surface area contributed by atoms with Crippen LogP contribution in [0.3, 0.4) is 0 Å². The van der Waals surface area contributed by atoms with Gasteiger partial charge in [-0.2, -0.15) is 0 Å². The van der Waals surface area contributed by atoms with Gasteiger partial charge in [0.05, 0.1) is 5.69 Å². The van der Waals surface area contributed by atoms with E-state index >= 15 is 0 Å². The van der Waals surface area contributed by atoms with Crippen molar-refractivity contribution in [3.05, 3.63) is 41.5 Å². The number of hydrogen-bond donors (Lipinski definition) is 3. The SMILES string of the molecule is Oc1c2c(c(O)n1-c1ccccc1)CNC2. The standard InChI is InChI=1S/C12H12N2O2/c15-11-9-6-13-7-10(9)12(16)14(11)8-4-2-1-3-5-8/h1-5,13,15-16H,6-7H2. The van der Waals surface area contributed by atoms with Crippen LogP contribution in [0.5, 0.6) is 11.8 Å². The summed E-state index contributed by atoms with van der Waals surface area (Å²) in [6.07, 6.45) is 0. The van der Waals surface area contributed by atoms with Gasteiger partial charge >= 0.3 is 0 Å². The first kappa shape index (κ1) is 9.30. The maximum absolute atomic E-state index is 10.0. The molecule has 0 saturated heterocycles. The zero-order chi connectivity index (χ0) is 11.1. The van der Waals surface area contributed by atoms with Gasteiger partial charge in [-0.3, -0.25) is 4.57 Å². The number of nitrogens with zero attached hydrogens (tertiary/aromatic N) is 1. The molecule has 0 saturated carbocycles. The lowest BCUT2D eigenvalue weighted by atomic mass is 10.2. The predicted octanol–water partition coefficient (Wildman–Crippen LogP) is 1.49. The Morgan fingerprint density at radius 3 is 2.06 bits per heavy atom. The summed E-state index contributed by atoms with van der Waals surface area (Å²) in [6.45, 7) is 1.21. The van der Waals surface area contributed by atoms with Gasteiger partial charge in [0, 0.05) is 24.2 Å². The fraction of sp³-hybridized carbons (Fsp3) is 0.167. The fourth-order valence-corrected chi connectivity index (χ4v) is 2.15. The molecule has 0 aliphatic carbocycles. The Hall–Kier alpha value is -1.94. The van der Waals surface area contributed by atoms with E-state index in [1.54, 1.807) is 0 Å². The normalized spacial score (nSPS) is 14.0. The summed E-state index contributed by atoms with van der Waals surface area (Å²) in [5.41, 5.74) is 2.36. The molecule has 3 rings (SSSR count). The van der Waals surface area contributed by atoms with Gasteiger partial charge < -0.3 is 15.5 Å². The molecule has 4 nitrogen and oxygen atoms in total. The Bertz CT molecular complexity index is 504. The van der Waals surface area contributed by atoms with Crippen LogP contribution in [0.2, 0.25) is 0 Å². The van der Waals surface area contributed by atoms with Crippen LogP contribution < -0.4 is 5.32 Å². The van der Waals surface area contributed by atoms with Gasteiger partial charge in [0.25, 0.3) is 0 Å². The van der Waals surface area contributed by atoms with Gasteiger partial charge in [-0.05, 0) is 12.1 Å². The van der Waals surface area contributed by atoms with Crippen molar-refractivity contribution in [1.29, 1.82) is 0 Å². The monoisotopic (exact) mass is 216 g/mol. The number of hydrogen-bond acceptors (Lipinski definition) is 3. The Morgan fingerprint density at radius 2 is 1.50 bits per heavy atom. The molecule has 1 aliphatic heterocycles. The van der Waals surface area contributed by atoms with E-state index < -0.39 is 0 Å². The summed E-state index contributed by atoms with van der Waals surface area (Å²) in [4.78, 5) is 0. The zero-order valence-electron chi connectivity index (χ0n) is 8.64. The van der Waals surface area contributed by atoms with Crippen molar-refractivity contribution < 1.29 is 10.2 Å². The number of aromatic hydroxyl groups is 2. The molecule has 0 atom stereocenters. The topological polar surface area (TPSA) is 57.4 Å². The van der Waals surface area contributed by atoms with Crippen LogP contribution in [-0.2, 0) is 13.1 Å². The van der Waals surface area contributed by atoms with Crippen molar-refractivity contribution >= 4 is 0 Å². The first-order valence-electron chi connectivity index (χ1n) is 5.19. The maximum atomic E-state index is 10.0. The molecule has 4 heteroatoms. The first-order chi connectivity index (χ1) is 7.79. The summed E-state index contributed by atoms with van der Waals surface area (Å²) >= 11 is 0. The summed E-state index contributed by atoms with van der Waals surface area (Å²) in [5.74, 6) is 0.257. The molecule has 0 radical (unpaired) electrons. The third-order valence-electron chi connectivity index (χ3n) is 2.95. The van der Waals surface area contributed by atoms with Gasteiger partial charge in [0.1, 0.15) is 0 Å². The van der Waals surface area contributed by atoms with E-state index in [1.165, 1.54) is 4.57 Å². The fourth-order valence-electron chi connectivity index (χ4n) is 2.15. The summed E-state index contributed by atoms with van der Waals surface area (Å²) in [6, 6.07) is 9.34. The largest absolute Gasteiger partial charge is 0.494 e. The van der Waals surface area contributed by atoms with E-state index in [4.69, 9.17) is 0 Å². The van der Waals surface area contributed by atoms with Crippen LogP contribution in [0, 0.1) is 0 Å². The molecular formula is C12H12N2O2. The first-order valence-corrected chi connectivity index (χ1v) is 5.19. The van der Waals surface area contributed by atoms with Crippen molar-refractivity contribution in [2.45, 2.75) is 13.1 Å². The molecule has 1 aliphatic rings. The Labute approximate surface area is 92.8 Å². The van der Waals surface area contributed by atoms with E-state index in [0.29, 0.717) is 13.1 Å². The molecular weight excluding hydrogens is 204 g/mol. The van der Waals surface area contributed by atoms with Gasteiger partial charge in [0.15, 0.2) is 0 Å². The average Bonchev–Trinajstić information content (AvgIpc) is 2.86. The highest BCUT2D eigenvalue weighted by atomic mass is 16.3. The average molecular weight is 216 g/mol. The van der Waals surface area contributed by atoms with Crippen molar-refractivity contribution in [2.75, 3.05) is 0 Å². The summed E-state index contributed by atoms with van der Waals surface area (Å²) < 4.78 is 1.48. The predicted molar refractivity (Wildman–Crippen MR) is 59.6 cm³/mol. The number of rotatable bonds is 1. The zero-order valence-corrected chi connectivity index (χ0v) is 8.64. The Kier molecular flexibility index (Phi) is 1.91. The van der Waals surface area contributed by atoms with E-state index in [1.807, 2.05) is 30.3 Å². The summed E-state index contributed by atoms with van der Waals surface area (Å²) in [7, 11) is 0. The molecule has 2 aromatic rings. The van der Waals surface area contributed by atoms with Crippen molar-refractivity contribution in [1.82, 2.24) is 9.88 Å². The third-order valence-corrected chi connectivity index (χ3v) is 2.95. The Balaban J connectivity index is 2.23. The van der Waals surface area contributed by atoms with Crippen molar-refractivity contribution in [2.24, 2.45) is 0 Å². The molecule has 0 bridgehead atoms. The minimum absolute atomic E-state index is 0.128. The molecule has 0 amide bonds. The lowest BCUT2D eigenvalue weighted by Gasteiger charge is -2.07. The Morgan fingerprint density at radius 1 is 0.938 bits per heavy atom. The van der Waals surface area contributed by atoms with Crippen LogP contribution in [0.4, 0.5) is 0 Å². The molecule has 82 valence electrons. The van der Waals surface area contributed by atoms with Crippen LogP contribution >= 0.6 is 0 Å². The lowest BCUT2D eigenvalue weighted by Crippen LogP contribution is -2.03. The smallest absolute Gasteiger partial charge is 0.203 e. The second kappa shape index (κ2) is 3.28. The lowest BCUT2D eigenvalue weighted by molar-refractivity contribution is 0.395. The number of para-hydroxylation sites is 1. The molecule has 0 fully saturated rings. The quantitative estimate of drug-likeness (QED) is 0.677. The van der Waals surface area contributed by atoms with Crippen molar-refractivity contribution in [3.63, 3.8) is 0 Å². The van der Waals surface area contributed by atoms with Gasteiger partial charge in [-0.1, -0.05) is 18.2 Å².